The van der Waals surface area contributed by atoms with E-state index in [0.717, 1.165) is 10.7 Å². The van der Waals surface area contributed by atoms with E-state index in [4.69, 9.17) is 10.2 Å². The lowest BCUT2D eigenvalue weighted by atomic mass is 10.2. The van der Waals surface area contributed by atoms with Crippen LogP contribution >= 0.6 is 0 Å². The van der Waals surface area contributed by atoms with E-state index in [2.05, 4.69) is 0 Å². The van der Waals surface area contributed by atoms with Crippen LogP contribution in [0.25, 0.3) is 0 Å². The van der Waals surface area contributed by atoms with Gasteiger partial charge < -0.3 is 10.2 Å². The highest BCUT2D eigenvalue weighted by molar-refractivity contribution is 7.86. The molecule has 2 N–H and O–H groups in total. The molecule has 1 aliphatic heterocycles. The first-order chi connectivity index (χ1) is 8.34. The molecule has 1 heterocycles. The molecule has 9 heteroatoms. The highest BCUT2D eigenvalue weighted by Crippen LogP contribution is 2.16. The third kappa shape index (κ3) is 3.93. The number of carboxylic acids is 2. The highest BCUT2D eigenvalue weighted by atomic mass is 32.2. The summed E-state index contributed by atoms with van der Waals surface area (Å²) in [5.74, 6) is -2.76. The second kappa shape index (κ2) is 6.12. The van der Waals surface area contributed by atoms with Gasteiger partial charge in [-0.05, 0) is 12.8 Å². The Morgan fingerprint density at radius 3 is 1.83 bits per heavy atom. The van der Waals surface area contributed by atoms with Gasteiger partial charge in [0.1, 0.15) is 13.1 Å². The van der Waals surface area contributed by atoms with Gasteiger partial charge in [-0.25, -0.2) is 0 Å². The number of hydrogen-bond donors (Lipinski definition) is 2. The van der Waals surface area contributed by atoms with Gasteiger partial charge in [-0.1, -0.05) is 6.42 Å². The Kier molecular flexibility index (Phi) is 5.05. The highest BCUT2D eigenvalue weighted by Gasteiger charge is 2.33. The Labute approximate surface area is 105 Å². The Morgan fingerprint density at radius 1 is 1.00 bits per heavy atom. The molecule has 0 unspecified atom stereocenters. The van der Waals surface area contributed by atoms with Crippen LogP contribution in [-0.2, 0) is 19.8 Å². The molecule has 0 aromatic carbocycles. The zero-order valence-electron chi connectivity index (χ0n) is 9.78. The summed E-state index contributed by atoms with van der Waals surface area (Å²) >= 11 is 0. The fourth-order valence-corrected chi connectivity index (χ4v) is 3.37. The summed E-state index contributed by atoms with van der Waals surface area (Å²) in [5, 5.41) is 17.3. The number of hydrogen-bond acceptors (Lipinski definition) is 4. The SMILES string of the molecule is O=C(O)CN(CC(=O)O)S(=O)(=O)N1CCCCC1. The van der Waals surface area contributed by atoms with E-state index in [1.165, 1.54) is 0 Å². The van der Waals surface area contributed by atoms with Crippen LogP contribution in [0.1, 0.15) is 19.3 Å². The van der Waals surface area contributed by atoms with Crippen LogP contribution < -0.4 is 0 Å². The minimum atomic E-state index is -4.01. The van der Waals surface area contributed by atoms with E-state index < -0.39 is 35.2 Å². The minimum Gasteiger partial charge on any atom is -0.480 e. The zero-order chi connectivity index (χ0) is 13.8. The maximum absolute atomic E-state index is 12.1. The Bertz CT molecular complexity index is 399. The second-order valence-electron chi connectivity index (χ2n) is 4.02. The first kappa shape index (κ1) is 14.9. The largest absolute Gasteiger partial charge is 0.480 e. The molecule has 1 aliphatic rings. The number of nitrogens with zero attached hydrogens (tertiary/aromatic N) is 2. The van der Waals surface area contributed by atoms with Gasteiger partial charge in [-0.2, -0.15) is 17.0 Å². The molecule has 0 spiro atoms. The molecule has 8 nitrogen and oxygen atoms in total. The van der Waals surface area contributed by atoms with E-state index in [9.17, 15) is 18.0 Å². The van der Waals surface area contributed by atoms with E-state index >= 15 is 0 Å². The van der Waals surface area contributed by atoms with Crippen molar-refractivity contribution in [3.05, 3.63) is 0 Å². The van der Waals surface area contributed by atoms with Crippen molar-refractivity contribution in [2.45, 2.75) is 19.3 Å². The van der Waals surface area contributed by atoms with Crippen LogP contribution in [0.5, 0.6) is 0 Å². The van der Waals surface area contributed by atoms with Gasteiger partial charge in [0.05, 0.1) is 0 Å². The lowest BCUT2D eigenvalue weighted by Crippen LogP contribution is -2.49. The standard InChI is InChI=1S/C9H16N2O6S/c12-8(13)6-11(7-9(14)15)18(16,17)10-4-2-1-3-5-10/h1-7H2,(H,12,13)(H,14,15). The Balaban J connectivity index is 2.86. The third-order valence-corrected chi connectivity index (χ3v) is 4.52. The summed E-state index contributed by atoms with van der Waals surface area (Å²) in [7, 11) is -4.01. The molecule has 1 saturated heterocycles. The molecule has 0 saturated carbocycles. The predicted octanol–water partition coefficient (Wildman–Crippen LogP) is -0.812. The van der Waals surface area contributed by atoms with Gasteiger partial charge in [-0.3, -0.25) is 9.59 Å². The van der Waals surface area contributed by atoms with Gasteiger partial charge >= 0.3 is 11.9 Å². The summed E-state index contributed by atoms with van der Waals surface area (Å²) in [6.07, 6.45) is 2.32. The molecule has 0 amide bonds. The molecule has 0 atom stereocenters. The van der Waals surface area contributed by atoms with Gasteiger partial charge in [0.25, 0.3) is 10.2 Å². The fraction of sp³-hybridized carbons (Fsp3) is 0.778. The van der Waals surface area contributed by atoms with Crippen LogP contribution in [0.3, 0.4) is 0 Å². The van der Waals surface area contributed by atoms with Gasteiger partial charge in [-0.15, -0.1) is 0 Å². The van der Waals surface area contributed by atoms with Crippen molar-refractivity contribution in [3.63, 3.8) is 0 Å². The smallest absolute Gasteiger partial charge is 0.318 e. The normalized spacial score (nSPS) is 17.8. The molecule has 1 rings (SSSR count). The van der Waals surface area contributed by atoms with E-state index in [1.807, 2.05) is 0 Å². The molecule has 0 bridgehead atoms. The lowest BCUT2D eigenvalue weighted by Gasteiger charge is -2.30. The number of rotatable bonds is 6. The number of carboxylic acid groups (broad SMARTS) is 2. The average molecular weight is 280 g/mol. The van der Waals surface area contributed by atoms with Crippen LogP contribution in [-0.4, -0.2) is 65.4 Å². The van der Waals surface area contributed by atoms with Crippen molar-refractivity contribution in [1.29, 1.82) is 0 Å². The average Bonchev–Trinajstić information content (AvgIpc) is 2.28. The van der Waals surface area contributed by atoms with Crippen LogP contribution in [0.4, 0.5) is 0 Å². The zero-order valence-corrected chi connectivity index (χ0v) is 10.6. The molecule has 18 heavy (non-hydrogen) atoms. The predicted molar refractivity (Wildman–Crippen MR) is 61.2 cm³/mol. The molecule has 1 fully saturated rings. The van der Waals surface area contributed by atoms with Crippen LogP contribution in [0.15, 0.2) is 0 Å². The summed E-state index contributed by atoms with van der Waals surface area (Å²) in [6.45, 7) is -1.08. The molecule has 0 aromatic rings. The van der Waals surface area contributed by atoms with Gasteiger partial charge in [0, 0.05) is 13.1 Å². The minimum absolute atomic E-state index is 0.304. The molecule has 0 aromatic heterocycles. The lowest BCUT2D eigenvalue weighted by molar-refractivity contribution is -0.139. The number of piperidine rings is 1. The molecule has 0 radical (unpaired) electrons. The maximum Gasteiger partial charge on any atom is 0.318 e. The summed E-state index contributed by atoms with van der Waals surface area (Å²) in [4.78, 5) is 21.2. The fourth-order valence-electron chi connectivity index (χ4n) is 1.78. The second-order valence-corrected chi connectivity index (χ2v) is 5.95. The van der Waals surface area contributed by atoms with Crippen molar-refractivity contribution in [3.8, 4) is 0 Å². The van der Waals surface area contributed by atoms with Crippen molar-refractivity contribution in [2.75, 3.05) is 26.2 Å². The topological polar surface area (TPSA) is 115 Å². The number of aliphatic carboxylic acids is 2. The van der Waals surface area contributed by atoms with Crippen molar-refractivity contribution < 1.29 is 28.2 Å². The first-order valence-corrected chi connectivity index (χ1v) is 6.92. The summed E-state index contributed by atoms with van der Waals surface area (Å²) < 4.78 is 25.8. The van der Waals surface area contributed by atoms with E-state index in [-0.39, 0.29) is 0 Å². The van der Waals surface area contributed by atoms with Crippen molar-refractivity contribution in [2.24, 2.45) is 0 Å². The van der Waals surface area contributed by atoms with Crippen molar-refractivity contribution in [1.82, 2.24) is 8.61 Å². The Morgan fingerprint density at radius 2 is 1.44 bits per heavy atom. The third-order valence-electron chi connectivity index (χ3n) is 2.59. The number of carbonyl (C=O) groups is 2. The first-order valence-electron chi connectivity index (χ1n) is 5.53. The molecular formula is C9H16N2O6S. The van der Waals surface area contributed by atoms with Crippen LogP contribution in [0, 0.1) is 0 Å². The van der Waals surface area contributed by atoms with Crippen molar-refractivity contribution >= 4 is 22.1 Å². The molecule has 0 aliphatic carbocycles. The molecular weight excluding hydrogens is 264 g/mol. The molecule has 104 valence electrons. The van der Waals surface area contributed by atoms with Gasteiger partial charge in [0.2, 0.25) is 0 Å². The summed E-state index contributed by atoms with van der Waals surface area (Å²) in [6, 6.07) is 0. The van der Waals surface area contributed by atoms with Gasteiger partial charge in [0.15, 0.2) is 0 Å². The van der Waals surface area contributed by atoms with Crippen LogP contribution in [0.2, 0.25) is 0 Å². The summed E-state index contributed by atoms with van der Waals surface area (Å²) in [5.41, 5.74) is 0. The quantitative estimate of drug-likeness (QED) is 0.657. The monoisotopic (exact) mass is 280 g/mol. The maximum atomic E-state index is 12.1. The van der Waals surface area contributed by atoms with E-state index in [1.54, 1.807) is 0 Å². The Hall–Kier alpha value is -1.19. The van der Waals surface area contributed by atoms with E-state index in [0.29, 0.717) is 30.2 Å².